The fourth-order valence-electron chi connectivity index (χ4n) is 1.98. The molecule has 1 saturated carbocycles. The standard InChI is InChI=1S/C14H16N2O5/c1-8-6-11(8)14(18)21-7-13(17)15-12-4-3-10(16(19)20)5-9(12)2/h3-5,8,11H,6-7H2,1-2H3,(H,15,17)/t8-,11-/m0/s1. The summed E-state index contributed by atoms with van der Waals surface area (Å²) in [6.45, 7) is 3.26. The van der Waals surface area contributed by atoms with Crippen LogP contribution in [0.25, 0.3) is 0 Å². The summed E-state index contributed by atoms with van der Waals surface area (Å²) in [6, 6.07) is 4.13. The lowest BCUT2D eigenvalue weighted by molar-refractivity contribution is -0.384. The van der Waals surface area contributed by atoms with Crippen molar-refractivity contribution in [2.75, 3.05) is 11.9 Å². The smallest absolute Gasteiger partial charge is 0.309 e. The maximum Gasteiger partial charge on any atom is 0.309 e. The van der Waals surface area contributed by atoms with Gasteiger partial charge in [0.1, 0.15) is 0 Å². The van der Waals surface area contributed by atoms with Crippen molar-refractivity contribution >= 4 is 23.3 Å². The van der Waals surface area contributed by atoms with E-state index in [0.717, 1.165) is 6.42 Å². The maximum atomic E-state index is 11.7. The van der Waals surface area contributed by atoms with Crippen LogP contribution in [0.2, 0.25) is 0 Å². The molecule has 0 saturated heterocycles. The number of hydrogen-bond acceptors (Lipinski definition) is 5. The predicted octanol–water partition coefficient (Wildman–Crippen LogP) is 2.04. The van der Waals surface area contributed by atoms with Crippen molar-refractivity contribution in [1.29, 1.82) is 0 Å². The van der Waals surface area contributed by atoms with Crippen LogP contribution in [0, 0.1) is 28.9 Å². The van der Waals surface area contributed by atoms with E-state index in [1.807, 2.05) is 6.92 Å². The van der Waals surface area contributed by atoms with Crippen molar-refractivity contribution in [3.8, 4) is 0 Å². The van der Waals surface area contributed by atoms with Gasteiger partial charge in [0.2, 0.25) is 0 Å². The number of nitro groups is 1. The molecule has 0 bridgehead atoms. The van der Waals surface area contributed by atoms with Crippen molar-refractivity contribution in [1.82, 2.24) is 0 Å². The largest absolute Gasteiger partial charge is 0.455 e. The third-order valence-electron chi connectivity index (χ3n) is 3.45. The Balaban J connectivity index is 1.87. The number of ether oxygens (including phenoxy) is 1. The Bertz CT molecular complexity index is 599. The molecular weight excluding hydrogens is 276 g/mol. The van der Waals surface area contributed by atoms with E-state index < -0.39 is 10.8 Å². The van der Waals surface area contributed by atoms with E-state index in [2.05, 4.69) is 5.32 Å². The second kappa shape index (κ2) is 5.90. The van der Waals surface area contributed by atoms with Crippen LogP contribution in [-0.4, -0.2) is 23.4 Å². The summed E-state index contributed by atoms with van der Waals surface area (Å²) in [5, 5.41) is 13.2. The van der Waals surface area contributed by atoms with Gasteiger partial charge in [0.15, 0.2) is 6.61 Å². The van der Waals surface area contributed by atoms with Crippen LogP contribution in [0.5, 0.6) is 0 Å². The van der Waals surface area contributed by atoms with E-state index >= 15 is 0 Å². The maximum absolute atomic E-state index is 11.7. The number of anilines is 1. The highest BCUT2D eigenvalue weighted by atomic mass is 16.6. The Morgan fingerprint density at radius 2 is 2.14 bits per heavy atom. The lowest BCUT2D eigenvalue weighted by Crippen LogP contribution is -2.22. The summed E-state index contributed by atoms with van der Waals surface area (Å²) in [5.74, 6) is -0.567. The minimum atomic E-state index is -0.503. The van der Waals surface area contributed by atoms with E-state index in [1.165, 1.54) is 18.2 Å². The zero-order chi connectivity index (χ0) is 15.6. The summed E-state index contributed by atoms with van der Waals surface area (Å²) in [7, 11) is 0. The first-order valence-electron chi connectivity index (χ1n) is 6.60. The molecular formula is C14H16N2O5. The fraction of sp³-hybridized carbons (Fsp3) is 0.429. The number of rotatable bonds is 5. The molecule has 1 amide bonds. The molecule has 0 aliphatic heterocycles. The van der Waals surface area contributed by atoms with Gasteiger partial charge in [0, 0.05) is 17.8 Å². The Labute approximate surface area is 121 Å². The van der Waals surface area contributed by atoms with Crippen LogP contribution >= 0.6 is 0 Å². The minimum Gasteiger partial charge on any atom is -0.455 e. The van der Waals surface area contributed by atoms with Gasteiger partial charge in [-0.05, 0) is 30.9 Å². The van der Waals surface area contributed by atoms with Gasteiger partial charge < -0.3 is 10.1 Å². The van der Waals surface area contributed by atoms with Crippen molar-refractivity contribution in [3.63, 3.8) is 0 Å². The Kier molecular flexibility index (Phi) is 4.21. The van der Waals surface area contributed by atoms with Gasteiger partial charge in [0.05, 0.1) is 10.8 Å². The van der Waals surface area contributed by atoms with Crippen LogP contribution in [0.4, 0.5) is 11.4 Å². The van der Waals surface area contributed by atoms with Crippen molar-refractivity contribution < 1.29 is 19.2 Å². The van der Waals surface area contributed by atoms with Gasteiger partial charge in [0.25, 0.3) is 11.6 Å². The first-order valence-corrected chi connectivity index (χ1v) is 6.60. The molecule has 2 atom stereocenters. The zero-order valence-electron chi connectivity index (χ0n) is 11.8. The van der Waals surface area contributed by atoms with Gasteiger partial charge in [-0.2, -0.15) is 0 Å². The number of nitrogens with zero attached hydrogens (tertiary/aromatic N) is 1. The minimum absolute atomic E-state index is 0.0420. The third kappa shape index (κ3) is 3.77. The van der Waals surface area contributed by atoms with Crippen LogP contribution < -0.4 is 5.32 Å². The second-order valence-corrected chi connectivity index (χ2v) is 5.23. The van der Waals surface area contributed by atoms with Gasteiger partial charge in [-0.25, -0.2) is 0 Å². The number of non-ortho nitro benzene ring substituents is 1. The second-order valence-electron chi connectivity index (χ2n) is 5.23. The quantitative estimate of drug-likeness (QED) is 0.508. The van der Waals surface area contributed by atoms with Crippen LogP contribution in [0.3, 0.4) is 0 Å². The molecule has 7 nitrogen and oxygen atoms in total. The van der Waals surface area contributed by atoms with Crippen molar-refractivity contribution in [2.45, 2.75) is 20.3 Å². The molecule has 112 valence electrons. The van der Waals surface area contributed by atoms with E-state index in [0.29, 0.717) is 17.2 Å². The Morgan fingerprint density at radius 3 is 2.67 bits per heavy atom. The first-order chi connectivity index (χ1) is 9.88. The molecule has 2 rings (SSSR count). The summed E-state index contributed by atoms with van der Waals surface area (Å²) >= 11 is 0. The molecule has 1 N–H and O–H groups in total. The van der Waals surface area contributed by atoms with Crippen LogP contribution in [0.1, 0.15) is 18.9 Å². The molecule has 1 aromatic rings. The molecule has 7 heteroatoms. The summed E-state index contributed by atoms with van der Waals surface area (Å²) in [5.41, 5.74) is 0.987. The van der Waals surface area contributed by atoms with Gasteiger partial charge in [-0.15, -0.1) is 0 Å². The lowest BCUT2D eigenvalue weighted by Gasteiger charge is -2.08. The number of nitrogens with one attached hydrogen (secondary N) is 1. The number of benzene rings is 1. The molecule has 1 fully saturated rings. The van der Waals surface area contributed by atoms with E-state index in [-0.39, 0.29) is 24.2 Å². The highest BCUT2D eigenvalue weighted by Crippen LogP contribution is 2.38. The number of aryl methyl sites for hydroxylation is 1. The SMILES string of the molecule is Cc1cc([N+](=O)[O-])ccc1NC(=O)COC(=O)[C@H]1C[C@@H]1C. The number of hydrogen-bond donors (Lipinski definition) is 1. The van der Waals surface area contributed by atoms with E-state index in [9.17, 15) is 19.7 Å². The molecule has 0 aromatic heterocycles. The van der Waals surface area contributed by atoms with E-state index in [4.69, 9.17) is 4.74 Å². The molecule has 0 spiro atoms. The third-order valence-corrected chi connectivity index (χ3v) is 3.45. The summed E-state index contributed by atoms with van der Waals surface area (Å²) in [4.78, 5) is 33.3. The number of amides is 1. The fourth-order valence-corrected chi connectivity index (χ4v) is 1.98. The number of carbonyl (C=O) groups excluding carboxylic acids is 2. The van der Waals surface area contributed by atoms with E-state index in [1.54, 1.807) is 6.92 Å². The topological polar surface area (TPSA) is 98.5 Å². The number of esters is 1. The molecule has 1 aliphatic carbocycles. The summed E-state index contributed by atoms with van der Waals surface area (Å²) < 4.78 is 4.91. The monoisotopic (exact) mass is 292 g/mol. The first kappa shape index (κ1) is 15.0. The summed E-state index contributed by atoms with van der Waals surface area (Å²) in [6.07, 6.45) is 0.807. The van der Waals surface area contributed by atoms with Crippen molar-refractivity contribution in [3.05, 3.63) is 33.9 Å². The highest BCUT2D eigenvalue weighted by Gasteiger charge is 2.40. The molecule has 1 aromatic carbocycles. The van der Waals surface area contributed by atoms with Crippen molar-refractivity contribution in [2.24, 2.45) is 11.8 Å². The Hall–Kier alpha value is -2.44. The van der Waals surface area contributed by atoms with Gasteiger partial charge in [-0.1, -0.05) is 6.92 Å². The molecule has 1 aliphatic rings. The predicted molar refractivity (Wildman–Crippen MR) is 74.7 cm³/mol. The lowest BCUT2D eigenvalue weighted by atomic mass is 10.2. The van der Waals surface area contributed by atoms with Gasteiger partial charge in [-0.3, -0.25) is 19.7 Å². The highest BCUT2D eigenvalue weighted by molar-refractivity contribution is 5.93. The van der Waals surface area contributed by atoms with Crippen LogP contribution in [-0.2, 0) is 14.3 Å². The zero-order valence-corrected chi connectivity index (χ0v) is 11.8. The molecule has 0 radical (unpaired) electrons. The van der Waals surface area contributed by atoms with Gasteiger partial charge >= 0.3 is 5.97 Å². The molecule has 0 unspecified atom stereocenters. The average Bonchev–Trinajstić information content (AvgIpc) is 3.15. The normalized spacial score (nSPS) is 19.7. The molecule has 0 heterocycles. The number of nitro benzene ring substituents is 1. The van der Waals surface area contributed by atoms with Crippen LogP contribution in [0.15, 0.2) is 18.2 Å². The number of carbonyl (C=O) groups is 2. The average molecular weight is 292 g/mol. The Morgan fingerprint density at radius 1 is 1.48 bits per heavy atom. The molecule has 21 heavy (non-hydrogen) atoms.